The number of hydrogen-bond donors (Lipinski definition) is 2. The Hall–Kier alpha value is -1.08. The second kappa shape index (κ2) is 7.79. The van der Waals surface area contributed by atoms with E-state index < -0.39 is 14.9 Å². The number of benzene rings is 1. The third-order valence-corrected chi connectivity index (χ3v) is 5.16. The minimum atomic E-state index is -3.67. The SMILES string of the molecule is CCC(CC(C)NS(=O)(=O)c1ccc([N+](=O)[O-])cc1)NP. The number of hydrogen-bond acceptors (Lipinski definition) is 5. The average Bonchev–Trinajstić information content (AvgIpc) is 2.44. The predicted octanol–water partition coefficient (Wildman–Crippen LogP) is 1.81. The Bertz CT molecular complexity index is 573. The summed E-state index contributed by atoms with van der Waals surface area (Å²) in [6.07, 6.45) is 1.53. The Labute approximate surface area is 127 Å². The van der Waals surface area contributed by atoms with Gasteiger partial charge < -0.3 is 0 Å². The number of nitro benzene ring substituents is 1. The Morgan fingerprint density at radius 3 is 2.33 bits per heavy atom. The highest BCUT2D eigenvalue weighted by atomic mass is 32.2. The van der Waals surface area contributed by atoms with Crippen molar-refractivity contribution in [3.05, 3.63) is 34.4 Å². The molecule has 0 spiro atoms. The van der Waals surface area contributed by atoms with Gasteiger partial charge in [0.05, 0.1) is 9.82 Å². The van der Waals surface area contributed by atoms with Crippen molar-refractivity contribution in [1.29, 1.82) is 0 Å². The van der Waals surface area contributed by atoms with Crippen LogP contribution in [0.1, 0.15) is 26.7 Å². The van der Waals surface area contributed by atoms with Gasteiger partial charge in [0, 0.05) is 24.2 Å². The smallest absolute Gasteiger partial charge is 0.269 e. The summed E-state index contributed by atoms with van der Waals surface area (Å²) in [5.41, 5.74) is -0.139. The summed E-state index contributed by atoms with van der Waals surface area (Å²) in [6.45, 7) is 3.80. The van der Waals surface area contributed by atoms with Crippen LogP contribution < -0.4 is 9.81 Å². The molecule has 7 nitrogen and oxygen atoms in total. The molecule has 0 aromatic heterocycles. The van der Waals surface area contributed by atoms with Gasteiger partial charge in [-0.05, 0) is 31.9 Å². The van der Waals surface area contributed by atoms with Crippen molar-refractivity contribution in [3.63, 3.8) is 0 Å². The van der Waals surface area contributed by atoms with Gasteiger partial charge >= 0.3 is 0 Å². The number of sulfonamides is 1. The summed E-state index contributed by atoms with van der Waals surface area (Å²) in [7, 11) is -1.25. The molecule has 3 atom stereocenters. The minimum absolute atomic E-state index is 0.0202. The van der Waals surface area contributed by atoms with E-state index in [1.165, 1.54) is 24.3 Å². The van der Waals surface area contributed by atoms with Crippen LogP contribution in [0.4, 0.5) is 5.69 Å². The van der Waals surface area contributed by atoms with Gasteiger partial charge in [-0.1, -0.05) is 16.3 Å². The first-order valence-corrected chi connectivity index (χ1v) is 8.59. The summed E-state index contributed by atoms with van der Waals surface area (Å²) in [5, 5.41) is 13.6. The van der Waals surface area contributed by atoms with Crippen molar-refractivity contribution in [1.82, 2.24) is 9.81 Å². The van der Waals surface area contributed by atoms with Crippen molar-refractivity contribution in [3.8, 4) is 0 Å². The highest BCUT2D eigenvalue weighted by Crippen LogP contribution is 2.16. The first-order chi connectivity index (χ1) is 9.80. The Balaban J connectivity index is 2.79. The van der Waals surface area contributed by atoms with E-state index in [1.807, 2.05) is 6.92 Å². The molecule has 0 saturated carbocycles. The van der Waals surface area contributed by atoms with Gasteiger partial charge in [0.1, 0.15) is 0 Å². The Kier molecular flexibility index (Phi) is 6.67. The van der Waals surface area contributed by atoms with Crippen LogP contribution in [-0.2, 0) is 10.0 Å². The summed E-state index contributed by atoms with van der Waals surface area (Å²) in [6, 6.07) is 4.78. The van der Waals surface area contributed by atoms with E-state index in [-0.39, 0.29) is 22.7 Å². The van der Waals surface area contributed by atoms with Gasteiger partial charge in [0.2, 0.25) is 10.0 Å². The van der Waals surface area contributed by atoms with Crippen molar-refractivity contribution in [2.24, 2.45) is 0 Å². The largest absolute Gasteiger partial charge is 0.298 e. The second-order valence-electron chi connectivity index (χ2n) is 4.78. The van der Waals surface area contributed by atoms with Crippen LogP contribution in [0.15, 0.2) is 29.2 Å². The van der Waals surface area contributed by atoms with Crippen LogP contribution in [0.5, 0.6) is 0 Å². The maximum atomic E-state index is 12.2. The molecular weight excluding hydrogens is 313 g/mol. The first-order valence-electron chi connectivity index (χ1n) is 6.53. The van der Waals surface area contributed by atoms with Crippen LogP contribution in [0, 0.1) is 10.1 Å². The molecule has 1 aromatic carbocycles. The molecule has 1 rings (SSSR count). The number of nitro groups is 1. The van der Waals surface area contributed by atoms with Crippen molar-refractivity contribution in [2.45, 2.75) is 43.7 Å². The molecule has 9 heteroatoms. The van der Waals surface area contributed by atoms with Gasteiger partial charge in [0.15, 0.2) is 0 Å². The fraction of sp³-hybridized carbons (Fsp3) is 0.500. The lowest BCUT2D eigenvalue weighted by atomic mass is 10.1. The third-order valence-electron chi connectivity index (χ3n) is 3.08. The molecule has 2 N–H and O–H groups in total. The summed E-state index contributed by atoms with van der Waals surface area (Å²) >= 11 is 0. The molecule has 0 bridgehead atoms. The standard InChI is InChI=1S/C12H20N3O4PS/c1-3-10(13-20)8-9(2)14-21(18,19)12-6-4-11(5-7-12)15(16)17/h4-7,9-10,13-14H,3,8,20H2,1-2H3. The highest BCUT2D eigenvalue weighted by molar-refractivity contribution is 7.89. The summed E-state index contributed by atoms with van der Waals surface area (Å²) < 4.78 is 26.9. The first kappa shape index (κ1) is 18.0. The molecule has 0 fully saturated rings. The lowest BCUT2D eigenvalue weighted by Gasteiger charge is -2.20. The highest BCUT2D eigenvalue weighted by Gasteiger charge is 2.20. The van der Waals surface area contributed by atoms with Gasteiger partial charge in [-0.15, -0.1) is 0 Å². The zero-order valence-corrected chi connectivity index (χ0v) is 13.9. The average molecular weight is 333 g/mol. The quantitative estimate of drug-likeness (QED) is 0.429. The molecule has 0 aliphatic rings. The lowest BCUT2D eigenvalue weighted by Crippen LogP contribution is -2.37. The molecular formula is C12H20N3O4PS. The van der Waals surface area contributed by atoms with Crippen LogP contribution in [0.25, 0.3) is 0 Å². The van der Waals surface area contributed by atoms with Crippen molar-refractivity contribution in [2.75, 3.05) is 0 Å². The number of nitrogens with zero attached hydrogens (tertiary/aromatic N) is 1. The van der Waals surface area contributed by atoms with E-state index in [1.54, 1.807) is 6.92 Å². The molecule has 1 aromatic rings. The topological polar surface area (TPSA) is 101 Å². The molecule has 0 radical (unpaired) electrons. The molecule has 0 aliphatic carbocycles. The summed E-state index contributed by atoms with van der Waals surface area (Å²) in [5.74, 6) is 0. The fourth-order valence-corrected chi connectivity index (χ4v) is 3.54. The van der Waals surface area contributed by atoms with Gasteiger partial charge in [-0.25, -0.2) is 13.1 Å². The van der Waals surface area contributed by atoms with E-state index in [0.29, 0.717) is 6.42 Å². The molecule has 0 amide bonds. The van der Waals surface area contributed by atoms with Crippen LogP contribution in [0.2, 0.25) is 0 Å². The van der Waals surface area contributed by atoms with Crippen molar-refractivity contribution < 1.29 is 13.3 Å². The van der Waals surface area contributed by atoms with E-state index in [0.717, 1.165) is 6.42 Å². The Morgan fingerprint density at radius 1 is 1.33 bits per heavy atom. The second-order valence-corrected chi connectivity index (χ2v) is 6.83. The minimum Gasteiger partial charge on any atom is -0.298 e. The van der Waals surface area contributed by atoms with E-state index >= 15 is 0 Å². The summed E-state index contributed by atoms with van der Waals surface area (Å²) in [4.78, 5) is 10.0. The fourth-order valence-electron chi connectivity index (χ4n) is 1.91. The van der Waals surface area contributed by atoms with Crippen molar-refractivity contribution >= 4 is 25.1 Å². The van der Waals surface area contributed by atoms with E-state index in [2.05, 4.69) is 19.2 Å². The van der Waals surface area contributed by atoms with E-state index in [9.17, 15) is 18.5 Å². The number of rotatable bonds is 8. The Morgan fingerprint density at radius 2 is 1.90 bits per heavy atom. The molecule has 3 unspecified atom stereocenters. The molecule has 0 aliphatic heterocycles. The van der Waals surface area contributed by atoms with Gasteiger partial charge in [-0.2, -0.15) is 0 Å². The third kappa shape index (κ3) is 5.32. The maximum absolute atomic E-state index is 12.2. The van der Waals surface area contributed by atoms with Gasteiger partial charge in [0.25, 0.3) is 5.69 Å². The molecule has 0 heterocycles. The molecule has 0 saturated heterocycles. The maximum Gasteiger partial charge on any atom is 0.269 e. The lowest BCUT2D eigenvalue weighted by molar-refractivity contribution is -0.384. The number of non-ortho nitro benzene ring substituents is 1. The van der Waals surface area contributed by atoms with Crippen LogP contribution in [0.3, 0.4) is 0 Å². The van der Waals surface area contributed by atoms with Gasteiger partial charge in [-0.3, -0.25) is 15.2 Å². The number of nitrogens with one attached hydrogen (secondary N) is 2. The zero-order valence-electron chi connectivity index (χ0n) is 11.9. The normalized spacial score (nSPS) is 14.6. The predicted molar refractivity (Wildman–Crippen MR) is 84.4 cm³/mol. The zero-order chi connectivity index (χ0) is 16.0. The molecule has 21 heavy (non-hydrogen) atoms. The monoisotopic (exact) mass is 333 g/mol. The van der Waals surface area contributed by atoms with Crippen LogP contribution in [-0.4, -0.2) is 25.4 Å². The van der Waals surface area contributed by atoms with E-state index in [4.69, 9.17) is 0 Å². The van der Waals surface area contributed by atoms with Crippen LogP contribution >= 0.6 is 9.39 Å². The molecule has 118 valence electrons.